The van der Waals surface area contributed by atoms with E-state index >= 15 is 0 Å². The molecule has 0 bridgehead atoms. The van der Waals surface area contributed by atoms with Crippen LogP contribution in [0.15, 0.2) is 48.5 Å². The van der Waals surface area contributed by atoms with E-state index in [1.165, 1.54) is 6.08 Å². The number of allylic oxidation sites excluding steroid dienone is 1. The first-order chi connectivity index (χ1) is 9.60. The van der Waals surface area contributed by atoms with Gasteiger partial charge in [0.05, 0.1) is 12.7 Å². The second-order valence-electron chi connectivity index (χ2n) is 4.46. The number of aryl methyl sites for hydroxylation is 1. The number of ketones is 1. The molecule has 0 atom stereocenters. The Balaban J connectivity index is 2.26. The van der Waals surface area contributed by atoms with Crippen molar-refractivity contribution in [3.8, 4) is 5.75 Å². The first-order valence-electron chi connectivity index (χ1n) is 6.23. The first-order valence-corrected chi connectivity index (χ1v) is 6.60. The van der Waals surface area contributed by atoms with Crippen molar-refractivity contribution in [1.29, 1.82) is 0 Å². The van der Waals surface area contributed by atoms with E-state index in [1.807, 2.05) is 31.2 Å². The highest BCUT2D eigenvalue weighted by molar-refractivity contribution is 6.30. The third-order valence-electron chi connectivity index (χ3n) is 2.90. The largest absolute Gasteiger partial charge is 0.496 e. The maximum Gasteiger partial charge on any atom is 0.189 e. The van der Waals surface area contributed by atoms with Gasteiger partial charge in [0.2, 0.25) is 0 Å². The average Bonchev–Trinajstić information content (AvgIpc) is 2.45. The summed E-state index contributed by atoms with van der Waals surface area (Å²) in [6, 6.07) is 12.9. The molecule has 20 heavy (non-hydrogen) atoms. The molecular weight excluding hydrogens is 272 g/mol. The first kappa shape index (κ1) is 14.4. The van der Waals surface area contributed by atoms with Gasteiger partial charge in [0.1, 0.15) is 5.75 Å². The van der Waals surface area contributed by atoms with E-state index in [0.717, 1.165) is 11.1 Å². The maximum atomic E-state index is 12.2. The third-order valence-corrected chi connectivity index (χ3v) is 3.13. The van der Waals surface area contributed by atoms with Gasteiger partial charge in [0, 0.05) is 5.02 Å². The lowest BCUT2D eigenvalue weighted by Gasteiger charge is -2.06. The number of halogens is 1. The molecule has 0 spiro atoms. The molecule has 0 aliphatic heterocycles. The van der Waals surface area contributed by atoms with Crippen LogP contribution in [-0.2, 0) is 0 Å². The molecule has 0 aliphatic carbocycles. The van der Waals surface area contributed by atoms with Crippen LogP contribution in [-0.4, -0.2) is 12.9 Å². The molecule has 2 aromatic rings. The molecule has 2 aromatic carbocycles. The van der Waals surface area contributed by atoms with Gasteiger partial charge in [-0.1, -0.05) is 41.4 Å². The zero-order chi connectivity index (χ0) is 14.5. The van der Waals surface area contributed by atoms with Crippen molar-refractivity contribution >= 4 is 23.5 Å². The molecular formula is C17H15ClO2. The molecule has 0 radical (unpaired) electrons. The fourth-order valence-corrected chi connectivity index (χ4v) is 2.09. The standard InChI is InChI=1S/C17H15ClO2/c1-12-6-9-17(20-2)15(10-12)16(19)8-7-13-4-3-5-14(18)11-13/h3-11H,1-2H3/b8-7+. The summed E-state index contributed by atoms with van der Waals surface area (Å²) in [4.78, 5) is 12.2. The topological polar surface area (TPSA) is 26.3 Å². The summed E-state index contributed by atoms with van der Waals surface area (Å²) in [5.41, 5.74) is 2.47. The van der Waals surface area contributed by atoms with Gasteiger partial charge in [-0.05, 0) is 42.8 Å². The predicted octanol–water partition coefficient (Wildman–Crippen LogP) is 4.55. The summed E-state index contributed by atoms with van der Waals surface area (Å²) in [5, 5.41) is 0.646. The summed E-state index contributed by atoms with van der Waals surface area (Å²) < 4.78 is 5.22. The zero-order valence-electron chi connectivity index (χ0n) is 11.4. The number of hydrogen-bond acceptors (Lipinski definition) is 2. The lowest BCUT2D eigenvalue weighted by atomic mass is 10.1. The fraction of sp³-hybridized carbons (Fsp3) is 0.118. The van der Waals surface area contributed by atoms with E-state index < -0.39 is 0 Å². The minimum absolute atomic E-state index is 0.0921. The van der Waals surface area contributed by atoms with Crippen LogP contribution in [0.25, 0.3) is 6.08 Å². The normalized spacial score (nSPS) is 10.8. The predicted molar refractivity (Wildman–Crippen MR) is 82.5 cm³/mol. The molecule has 2 nitrogen and oxygen atoms in total. The molecule has 0 saturated heterocycles. The fourth-order valence-electron chi connectivity index (χ4n) is 1.89. The van der Waals surface area contributed by atoms with Crippen LogP contribution in [0.4, 0.5) is 0 Å². The van der Waals surface area contributed by atoms with Crippen molar-refractivity contribution in [2.24, 2.45) is 0 Å². The number of methoxy groups -OCH3 is 1. The highest BCUT2D eigenvalue weighted by atomic mass is 35.5. The zero-order valence-corrected chi connectivity index (χ0v) is 12.1. The molecule has 0 N–H and O–H groups in total. The SMILES string of the molecule is COc1ccc(C)cc1C(=O)/C=C/c1cccc(Cl)c1. The monoisotopic (exact) mass is 286 g/mol. The lowest BCUT2D eigenvalue weighted by Crippen LogP contribution is -1.99. The minimum atomic E-state index is -0.0921. The smallest absolute Gasteiger partial charge is 0.189 e. The van der Waals surface area contributed by atoms with Crippen LogP contribution in [0.3, 0.4) is 0 Å². The lowest BCUT2D eigenvalue weighted by molar-refractivity contribution is 0.104. The number of ether oxygens (including phenoxy) is 1. The second kappa shape index (κ2) is 6.40. The van der Waals surface area contributed by atoms with Crippen LogP contribution in [0.5, 0.6) is 5.75 Å². The Hall–Kier alpha value is -2.06. The molecule has 0 aromatic heterocycles. The number of benzene rings is 2. The highest BCUT2D eigenvalue weighted by Crippen LogP contribution is 2.21. The van der Waals surface area contributed by atoms with Crippen LogP contribution < -0.4 is 4.74 Å². The minimum Gasteiger partial charge on any atom is -0.496 e. The molecule has 0 unspecified atom stereocenters. The third kappa shape index (κ3) is 3.49. The highest BCUT2D eigenvalue weighted by Gasteiger charge is 2.09. The molecule has 0 fully saturated rings. The number of carbonyl (C=O) groups excluding carboxylic acids is 1. The van der Waals surface area contributed by atoms with Gasteiger partial charge in [-0.15, -0.1) is 0 Å². The molecule has 0 saturated carbocycles. The van der Waals surface area contributed by atoms with E-state index in [2.05, 4.69) is 0 Å². The molecule has 0 aliphatic rings. The quantitative estimate of drug-likeness (QED) is 0.609. The van der Waals surface area contributed by atoms with Crippen molar-refractivity contribution in [3.05, 3.63) is 70.3 Å². The summed E-state index contributed by atoms with van der Waals surface area (Å²) in [5.74, 6) is 0.488. The van der Waals surface area contributed by atoms with Gasteiger partial charge >= 0.3 is 0 Å². The Bertz CT molecular complexity index is 660. The second-order valence-corrected chi connectivity index (χ2v) is 4.89. The van der Waals surface area contributed by atoms with Gasteiger partial charge in [0.25, 0.3) is 0 Å². The number of rotatable bonds is 4. The van der Waals surface area contributed by atoms with Crippen molar-refractivity contribution in [2.75, 3.05) is 7.11 Å². The molecule has 0 amide bonds. The van der Waals surface area contributed by atoms with Gasteiger partial charge in [-0.2, -0.15) is 0 Å². The Kier molecular flexibility index (Phi) is 4.59. The molecule has 3 heteroatoms. The maximum absolute atomic E-state index is 12.2. The van der Waals surface area contributed by atoms with Gasteiger partial charge < -0.3 is 4.74 Å². The Morgan fingerprint density at radius 2 is 2.00 bits per heavy atom. The number of hydrogen-bond donors (Lipinski definition) is 0. The van der Waals surface area contributed by atoms with Crippen LogP contribution in [0, 0.1) is 6.92 Å². The number of carbonyl (C=O) groups is 1. The van der Waals surface area contributed by atoms with Crippen LogP contribution in [0.2, 0.25) is 5.02 Å². The summed E-state index contributed by atoms with van der Waals surface area (Å²) in [6.45, 7) is 1.94. The Morgan fingerprint density at radius 3 is 2.70 bits per heavy atom. The summed E-state index contributed by atoms with van der Waals surface area (Å²) in [7, 11) is 1.56. The Labute approximate surface area is 123 Å². The van der Waals surface area contributed by atoms with Crippen molar-refractivity contribution < 1.29 is 9.53 Å². The van der Waals surface area contributed by atoms with Gasteiger partial charge in [-0.3, -0.25) is 4.79 Å². The van der Waals surface area contributed by atoms with E-state index in [0.29, 0.717) is 16.3 Å². The molecule has 2 rings (SSSR count). The van der Waals surface area contributed by atoms with Crippen LogP contribution >= 0.6 is 11.6 Å². The molecule has 102 valence electrons. The van der Waals surface area contributed by atoms with Crippen molar-refractivity contribution in [3.63, 3.8) is 0 Å². The van der Waals surface area contributed by atoms with Crippen molar-refractivity contribution in [2.45, 2.75) is 6.92 Å². The van der Waals surface area contributed by atoms with Crippen molar-refractivity contribution in [1.82, 2.24) is 0 Å². The van der Waals surface area contributed by atoms with Gasteiger partial charge in [-0.25, -0.2) is 0 Å². The van der Waals surface area contributed by atoms with E-state index in [4.69, 9.17) is 16.3 Å². The summed E-state index contributed by atoms with van der Waals surface area (Å²) in [6.07, 6.45) is 3.28. The van der Waals surface area contributed by atoms with Crippen LogP contribution in [0.1, 0.15) is 21.5 Å². The molecule has 0 heterocycles. The van der Waals surface area contributed by atoms with E-state index in [9.17, 15) is 4.79 Å². The van der Waals surface area contributed by atoms with E-state index in [1.54, 1.807) is 31.4 Å². The van der Waals surface area contributed by atoms with Gasteiger partial charge in [0.15, 0.2) is 5.78 Å². The van der Waals surface area contributed by atoms with E-state index in [-0.39, 0.29) is 5.78 Å². The Morgan fingerprint density at radius 1 is 1.20 bits per heavy atom. The summed E-state index contributed by atoms with van der Waals surface area (Å²) >= 11 is 5.91. The average molecular weight is 287 g/mol.